The second-order valence-electron chi connectivity index (χ2n) is 3.81. The van der Waals surface area contributed by atoms with Crippen molar-refractivity contribution >= 4 is 11.0 Å². The molecule has 0 fully saturated rings. The summed E-state index contributed by atoms with van der Waals surface area (Å²) in [6.07, 6.45) is 3.49. The van der Waals surface area contributed by atoms with Crippen LogP contribution in [-0.4, -0.2) is 9.97 Å². The molecule has 14 heavy (non-hydrogen) atoms. The van der Waals surface area contributed by atoms with Crippen LogP contribution in [0.25, 0.3) is 11.0 Å². The summed E-state index contributed by atoms with van der Waals surface area (Å²) in [6, 6.07) is 6.33. The number of aryl methyl sites for hydroxylation is 2. The third-order valence-electron chi connectivity index (χ3n) is 2.45. The molecule has 74 valence electrons. The number of benzene rings is 1. The summed E-state index contributed by atoms with van der Waals surface area (Å²) in [6.45, 7) is 4.30. The summed E-state index contributed by atoms with van der Waals surface area (Å²) in [5, 5.41) is 0. The van der Waals surface area contributed by atoms with Crippen molar-refractivity contribution in [2.45, 2.75) is 33.1 Å². The van der Waals surface area contributed by atoms with Crippen LogP contribution in [0.3, 0.4) is 0 Å². The predicted molar refractivity (Wildman–Crippen MR) is 59.4 cm³/mol. The van der Waals surface area contributed by atoms with Gasteiger partial charge in [0.1, 0.15) is 5.82 Å². The van der Waals surface area contributed by atoms with Crippen molar-refractivity contribution < 1.29 is 0 Å². The van der Waals surface area contributed by atoms with Crippen molar-refractivity contribution in [2.24, 2.45) is 0 Å². The lowest BCUT2D eigenvalue weighted by Crippen LogP contribution is -1.86. The largest absolute Gasteiger partial charge is 0.342 e. The number of hydrogen-bond donors (Lipinski definition) is 1. The Morgan fingerprint density at radius 1 is 1.36 bits per heavy atom. The highest BCUT2D eigenvalue weighted by atomic mass is 14.9. The minimum absolute atomic E-state index is 1.06. The number of aromatic amines is 1. The average molecular weight is 188 g/mol. The summed E-state index contributed by atoms with van der Waals surface area (Å²) >= 11 is 0. The molecule has 0 aliphatic carbocycles. The Bertz CT molecular complexity index is 429. The highest BCUT2D eigenvalue weighted by Crippen LogP contribution is 2.14. The van der Waals surface area contributed by atoms with Crippen LogP contribution in [0.1, 0.15) is 31.2 Å². The van der Waals surface area contributed by atoms with Crippen LogP contribution < -0.4 is 0 Å². The van der Waals surface area contributed by atoms with Gasteiger partial charge < -0.3 is 4.98 Å². The highest BCUT2D eigenvalue weighted by Gasteiger charge is 2.01. The third-order valence-corrected chi connectivity index (χ3v) is 2.45. The van der Waals surface area contributed by atoms with Crippen LogP contribution in [0.15, 0.2) is 18.2 Å². The number of nitrogens with one attached hydrogen (secondary N) is 1. The first-order valence-electron chi connectivity index (χ1n) is 5.25. The summed E-state index contributed by atoms with van der Waals surface area (Å²) in [5.74, 6) is 1.12. The number of unbranched alkanes of at least 4 members (excludes halogenated alkanes) is 1. The Balaban J connectivity index is 2.32. The van der Waals surface area contributed by atoms with Gasteiger partial charge in [0.15, 0.2) is 0 Å². The Morgan fingerprint density at radius 3 is 3.00 bits per heavy atom. The molecule has 0 aliphatic heterocycles. The summed E-state index contributed by atoms with van der Waals surface area (Å²) in [7, 11) is 0. The molecule has 2 nitrogen and oxygen atoms in total. The zero-order valence-electron chi connectivity index (χ0n) is 8.80. The van der Waals surface area contributed by atoms with Gasteiger partial charge in [-0.05, 0) is 31.0 Å². The Hall–Kier alpha value is -1.31. The summed E-state index contributed by atoms with van der Waals surface area (Å²) in [5.41, 5.74) is 3.53. The molecule has 0 aliphatic rings. The standard InChI is InChI=1S/C12H16N2/c1-3-4-5-12-13-10-7-6-9(2)8-11(10)14-12/h6-8H,3-5H2,1-2H3,(H,13,14). The molecule has 1 aromatic heterocycles. The molecule has 0 saturated heterocycles. The van der Waals surface area contributed by atoms with E-state index in [0.717, 1.165) is 23.3 Å². The summed E-state index contributed by atoms with van der Waals surface area (Å²) < 4.78 is 0. The van der Waals surface area contributed by atoms with Crippen molar-refractivity contribution in [2.75, 3.05) is 0 Å². The van der Waals surface area contributed by atoms with E-state index < -0.39 is 0 Å². The van der Waals surface area contributed by atoms with E-state index in [1.165, 1.54) is 18.4 Å². The van der Waals surface area contributed by atoms with E-state index in [1.807, 2.05) is 0 Å². The average Bonchev–Trinajstić information content (AvgIpc) is 2.56. The van der Waals surface area contributed by atoms with E-state index in [0.29, 0.717) is 0 Å². The molecule has 2 aromatic rings. The van der Waals surface area contributed by atoms with Crippen LogP contribution in [0.4, 0.5) is 0 Å². The number of fused-ring (bicyclic) bond motifs is 1. The molecule has 0 amide bonds. The van der Waals surface area contributed by atoms with Gasteiger partial charge in [0, 0.05) is 6.42 Å². The van der Waals surface area contributed by atoms with Gasteiger partial charge in [-0.1, -0.05) is 19.4 Å². The molecule has 1 aromatic carbocycles. The number of rotatable bonds is 3. The summed E-state index contributed by atoms with van der Waals surface area (Å²) in [4.78, 5) is 7.90. The first kappa shape index (κ1) is 9.25. The zero-order valence-corrected chi connectivity index (χ0v) is 8.80. The SMILES string of the molecule is CCCCc1nc2ccc(C)cc2[nH]1. The first-order chi connectivity index (χ1) is 6.79. The molecule has 2 rings (SSSR count). The van der Waals surface area contributed by atoms with Gasteiger partial charge in [0.2, 0.25) is 0 Å². The quantitative estimate of drug-likeness (QED) is 0.787. The Labute approximate surface area is 84.4 Å². The van der Waals surface area contributed by atoms with E-state index in [-0.39, 0.29) is 0 Å². The smallest absolute Gasteiger partial charge is 0.107 e. The van der Waals surface area contributed by atoms with E-state index in [4.69, 9.17) is 0 Å². The fraction of sp³-hybridized carbons (Fsp3) is 0.417. The lowest BCUT2D eigenvalue weighted by molar-refractivity contribution is 0.765. The van der Waals surface area contributed by atoms with E-state index >= 15 is 0 Å². The van der Waals surface area contributed by atoms with Gasteiger partial charge in [-0.3, -0.25) is 0 Å². The van der Waals surface area contributed by atoms with Gasteiger partial charge in [0.05, 0.1) is 11.0 Å². The normalized spacial score (nSPS) is 11.0. The van der Waals surface area contributed by atoms with Gasteiger partial charge >= 0.3 is 0 Å². The molecule has 0 spiro atoms. The molecular weight excluding hydrogens is 172 g/mol. The van der Waals surface area contributed by atoms with Crippen LogP contribution in [0, 0.1) is 6.92 Å². The lowest BCUT2D eigenvalue weighted by atomic mass is 10.2. The van der Waals surface area contributed by atoms with Crippen LogP contribution in [0.5, 0.6) is 0 Å². The fourth-order valence-corrected chi connectivity index (χ4v) is 1.64. The molecule has 0 bridgehead atoms. The van der Waals surface area contributed by atoms with Gasteiger partial charge in [-0.2, -0.15) is 0 Å². The molecule has 2 heteroatoms. The molecular formula is C12H16N2. The number of nitrogens with zero attached hydrogens (tertiary/aromatic N) is 1. The molecule has 0 saturated carbocycles. The topological polar surface area (TPSA) is 28.7 Å². The minimum atomic E-state index is 1.06. The maximum Gasteiger partial charge on any atom is 0.107 e. The molecule has 1 heterocycles. The van der Waals surface area contributed by atoms with Gasteiger partial charge in [-0.25, -0.2) is 4.98 Å². The van der Waals surface area contributed by atoms with Crippen molar-refractivity contribution in [3.05, 3.63) is 29.6 Å². The maximum absolute atomic E-state index is 4.54. The molecule has 1 N–H and O–H groups in total. The monoisotopic (exact) mass is 188 g/mol. The molecule has 0 unspecified atom stereocenters. The second kappa shape index (κ2) is 3.82. The lowest BCUT2D eigenvalue weighted by Gasteiger charge is -1.91. The van der Waals surface area contributed by atoms with Crippen LogP contribution in [0.2, 0.25) is 0 Å². The molecule has 0 radical (unpaired) electrons. The van der Waals surface area contributed by atoms with Crippen LogP contribution >= 0.6 is 0 Å². The third kappa shape index (κ3) is 1.79. The number of H-pyrrole nitrogens is 1. The fourth-order valence-electron chi connectivity index (χ4n) is 1.64. The van der Waals surface area contributed by atoms with Gasteiger partial charge in [-0.15, -0.1) is 0 Å². The predicted octanol–water partition coefficient (Wildman–Crippen LogP) is 3.21. The minimum Gasteiger partial charge on any atom is -0.342 e. The van der Waals surface area contributed by atoms with Gasteiger partial charge in [0.25, 0.3) is 0 Å². The number of aromatic nitrogens is 2. The van der Waals surface area contributed by atoms with E-state index in [2.05, 4.69) is 42.0 Å². The highest BCUT2D eigenvalue weighted by molar-refractivity contribution is 5.75. The maximum atomic E-state index is 4.54. The van der Waals surface area contributed by atoms with Crippen molar-refractivity contribution in [3.8, 4) is 0 Å². The Kier molecular flexibility index (Phi) is 2.53. The molecule has 0 atom stereocenters. The number of imidazole rings is 1. The second-order valence-corrected chi connectivity index (χ2v) is 3.81. The first-order valence-corrected chi connectivity index (χ1v) is 5.25. The Morgan fingerprint density at radius 2 is 2.21 bits per heavy atom. The number of hydrogen-bond acceptors (Lipinski definition) is 1. The van der Waals surface area contributed by atoms with E-state index in [9.17, 15) is 0 Å². The van der Waals surface area contributed by atoms with Crippen molar-refractivity contribution in [1.82, 2.24) is 9.97 Å². The van der Waals surface area contributed by atoms with E-state index in [1.54, 1.807) is 0 Å². The van der Waals surface area contributed by atoms with Crippen molar-refractivity contribution in [1.29, 1.82) is 0 Å². The van der Waals surface area contributed by atoms with Crippen molar-refractivity contribution in [3.63, 3.8) is 0 Å². The zero-order chi connectivity index (χ0) is 9.97. The van der Waals surface area contributed by atoms with Crippen LogP contribution in [-0.2, 0) is 6.42 Å².